The number of sulfonamides is 1. The summed E-state index contributed by atoms with van der Waals surface area (Å²) in [4.78, 5) is 4.29. The van der Waals surface area contributed by atoms with E-state index in [-0.39, 0.29) is 16.8 Å². The van der Waals surface area contributed by atoms with Gasteiger partial charge in [0.05, 0.1) is 25.1 Å². The van der Waals surface area contributed by atoms with Crippen LogP contribution >= 0.6 is 0 Å². The van der Waals surface area contributed by atoms with E-state index in [2.05, 4.69) is 15.0 Å². The monoisotopic (exact) mass is 391 g/mol. The average molecular weight is 391 g/mol. The maximum absolute atomic E-state index is 12.8. The molecule has 0 amide bonds. The zero-order valence-corrected chi connectivity index (χ0v) is 16.6. The predicted octanol–water partition coefficient (Wildman–Crippen LogP) is 3.10. The Morgan fingerprint density at radius 3 is 2.67 bits per heavy atom. The van der Waals surface area contributed by atoms with Gasteiger partial charge in [0.15, 0.2) is 0 Å². The molecule has 1 aromatic carbocycles. The molecule has 1 fully saturated rings. The first-order valence-electron chi connectivity index (χ1n) is 8.88. The Labute approximate surface area is 160 Å². The van der Waals surface area contributed by atoms with Gasteiger partial charge in [-0.15, -0.1) is 0 Å². The van der Waals surface area contributed by atoms with Crippen molar-refractivity contribution in [3.8, 4) is 5.75 Å². The first-order valence-corrected chi connectivity index (χ1v) is 10.4. The van der Waals surface area contributed by atoms with E-state index in [1.807, 2.05) is 13.8 Å². The first kappa shape index (κ1) is 19.4. The van der Waals surface area contributed by atoms with Gasteiger partial charge in [-0.25, -0.2) is 13.4 Å². The third-order valence-electron chi connectivity index (χ3n) is 4.63. The number of nitrogens with zero attached hydrogens (tertiary/aromatic N) is 1. The van der Waals surface area contributed by atoms with Gasteiger partial charge in [0, 0.05) is 13.2 Å². The SMILES string of the molecule is COc1cc(C)c(C)cc1S(=O)(=O)Nc1ccc(NCC2CCCO2)cn1. The van der Waals surface area contributed by atoms with E-state index < -0.39 is 10.0 Å². The number of pyridine rings is 1. The molecule has 2 heterocycles. The summed E-state index contributed by atoms with van der Waals surface area (Å²) in [6.45, 7) is 5.30. The standard InChI is InChI=1S/C19H25N3O4S/c1-13-9-17(25-3)18(10-14(13)2)27(23,24)22-19-7-6-15(11-21-19)20-12-16-5-4-8-26-16/h6-7,9-11,16,20H,4-5,8,12H2,1-3H3,(H,21,22). The molecule has 2 aromatic rings. The third-order valence-corrected chi connectivity index (χ3v) is 6.01. The van der Waals surface area contributed by atoms with E-state index in [9.17, 15) is 8.42 Å². The molecular weight excluding hydrogens is 366 g/mol. The molecule has 1 unspecified atom stereocenters. The second-order valence-corrected chi connectivity index (χ2v) is 8.29. The van der Waals surface area contributed by atoms with Crippen molar-refractivity contribution >= 4 is 21.5 Å². The van der Waals surface area contributed by atoms with Crippen LogP contribution in [0.5, 0.6) is 5.75 Å². The van der Waals surface area contributed by atoms with Crippen LogP contribution < -0.4 is 14.8 Å². The Morgan fingerprint density at radius 2 is 2.04 bits per heavy atom. The molecule has 0 radical (unpaired) electrons. The molecule has 2 N–H and O–H groups in total. The van der Waals surface area contributed by atoms with Crippen molar-refractivity contribution in [1.82, 2.24) is 4.98 Å². The smallest absolute Gasteiger partial charge is 0.266 e. The number of nitrogens with one attached hydrogen (secondary N) is 2. The van der Waals surface area contributed by atoms with E-state index in [1.165, 1.54) is 7.11 Å². The fraction of sp³-hybridized carbons (Fsp3) is 0.421. The Morgan fingerprint density at radius 1 is 1.26 bits per heavy atom. The molecule has 8 heteroatoms. The second-order valence-electron chi connectivity index (χ2n) is 6.64. The number of rotatable bonds is 7. The minimum atomic E-state index is -3.81. The zero-order valence-electron chi connectivity index (χ0n) is 15.8. The van der Waals surface area contributed by atoms with Gasteiger partial charge in [0.2, 0.25) is 0 Å². The second kappa shape index (κ2) is 8.14. The minimum Gasteiger partial charge on any atom is -0.495 e. The molecule has 1 aliphatic heterocycles. The van der Waals surface area contributed by atoms with Gasteiger partial charge in [-0.2, -0.15) is 0 Å². The lowest BCUT2D eigenvalue weighted by molar-refractivity contribution is 0.120. The number of aromatic nitrogens is 1. The molecule has 0 bridgehead atoms. The van der Waals surface area contributed by atoms with E-state index in [4.69, 9.17) is 9.47 Å². The van der Waals surface area contributed by atoms with Gasteiger partial charge in [-0.05, 0) is 62.1 Å². The van der Waals surface area contributed by atoms with Crippen LogP contribution in [0.15, 0.2) is 35.4 Å². The largest absolute Gasteiger partial charge is 0.495 e. The van der Waals surface area contributed by atoms with Crippen molar-refractivity contribution in [2.75, 3.05) is 30.3 Å². The van der Waals surface area contributed by atoms with Crippen LogP contribution in [0.4, 0.5) is 11.5 Å². The van der Waals surface area contributed by atoms with Gasteiger partial charge in [0.25, 0.3) is 10.0 Å². The van der Waals surface area contributed by atoms with Crippen LogP contribution in [0.3, 0.4) is 0 Å². The molecular formula is C19H25N3O4S. The number of anilines is 2. The average Bonchev–Trinajstić information content (AvgIpc) is 3.16. The zero-order chi connectivity index (χ0) is 19.4. The van der Waals surface area contributed by atoms with Gasteiger partial charge >= 0.3 is 0 Å². The molecule has 1 saturated heterocycles. The Hall–Kier alpha value is -2.32. The van der Waals surface area contributed by atoms with Gasteiger partial charge in [-0.3, -0.25) is 4.72 Å². The summed E-state index contributed by atoms with van der Waals surface area (Å²) < 4.78 is 38.9. The summed E-state index contributed by atoms with van der Waals surface area (Å²) in [6, 6.07) is 6.74. The summed E-state index contributed by atoms with van der Waals surface area (Å²) in [7, 11) is -2.36. The fourth-order valence-electron chi connectivity index (χ4n) is 2.92. The number of ether oxygens (including phenoxy) is 2. The summed E-state index contributed by atoms with van der Waals surface area (Å²) in [6.07, 6.45) is 3.97. The summed E-state index contributed by atoms with van der Waals surface area (Å²) in [5, 5.41) is 3.26. The molecule has 3 rings (SSSR count). The predicted molar refractivity (Wildman–Crippen MR) is 105 cm³/mol. The quantitative estimate of drug-likeness (QED) is 0.754. The van der Waals surface area contributed by atoms with Gasteiger partial charge in [-0.1, -0.05) is 0 Å². The van der Waals surface area contributed by atoms with Crippen molar-refractivity contribution in [2.45, 2.75) is 37.7 Å². The number of methoxy groups -OCH3 is 1. The Kier molecular flexibility index (Phi) is 5.86. The van der Waals surface area contributed by atoms with Crippen LogP contribution in [0.1, 0.15) is 24.0 Å². The fourth-order valence-corrected chi connectivity index (χ4v) is 4.17. The molecule has 7 nitrogen and oxygen atoms in total. The van der Waals surface area contributed by atoms with Crippen molar-refractivity contribution in [1.29, 1.82) is 0 Å². The summed E-state index contributed by atoms with van der Waals surface area (Å²) in [5.74, 6) is 0.554. The number of benzene rings is 1. The highest BCUT2D eigenvalue weighted by Gasteiger charge is 2.21. The maximum Gasteiger partial charge on any atom is 0.266 e. The molecule has 1 atom stereocenters. The van der Waals surface area contributed by atoms with Crippen molar-refractivity contribution in [3.63, 3.8) is 0 Å². The van der Waals surface area contributed by atoms with Crippen molar-refractivity contribution < 1.29 is 17.9 Å². The van der Waals surface area contributed by atoms with E-state index in [1.54, 1.807) is 30.5 Å². The van der Waals surface area contributed by atoms with Crippen LogP contribution in [0, 0.1) is 13.8 Å². The van der Waals surface area contributed by atoms with Crippen LogP contribution in [-0.2, 0) is 14.8 Å². The highest BCUT2D eigenvalue weighted by Crippen LogP contribution is 2.28. The van der Waals surface area contributed by atoms with E-state index in [0.29, 0.717) is 12.3 Å². The Bertz CT molecular complexity index is 892. The van der Waals surface area contributed by atoms with E-state index >= 15 is 0 Å². The van der Waals surface area contributed by atoms with Crippen molar-refractivity contribution in [2.24, 2.45) is 0 Å². The van der Waals surface area contributed by atoms with Crippen LogP contribution in [0.25, 0.3) is 0 Å². The molecule has 146 valence electrons. The molecule has 0 saturated carbocycles. The third kappa shape index (κ3) is 4.70. The van der Waals surface area contributed by atoms with Crippen LogP contribution in [-0.4, -0.2) is 39.8 Å². The molecule has 0 spiro atoms. The molecule has 0 aliphatic carbocycles. The van der Waals surface area contributed by atoms with Gasteiger partial charge < -0.3 is 14.8 Å². The lowest BCUT2D eigenvalue weighted by Crippen LogP contribution is -2.18. The first-order chi connectivity index (χ1) is 12.9. The van der Waals surface area contributed by atoms with Crippen molar-refractivity contribution in [3.05, 3.63) is 41.6 Å². The topological polar surface area (TPSA) is 89.6 Å². The summed E-state index contributed by atoms with van der Waals surface area (Å²) in [5.41, 5.74) is 2.65. The maximum atomic E-state index is 12.8. The highest BCUT2D eigenvalue weighted by molar-refractivity contribution is 7.92. The lowest BCUT2D eigenvalue weighted by Gasteiger charge is -2.14. The highest BCUT2D eigenvalue weighted by atomic mass is 32.2. The number of hydrogen-bond acceptors (Lipinski definition) is 6. The van der Waals surface area contributed by atoms with Gasteiger partial charge in [0.1, 0.15) is 16.5 Å². The molecule has 1 aliphatic rings. The molecule has 1 aromatic heterocycles. The number of aryl methyl sites for hydroxylation is 2. The lowest BCUT2D eigenvalue weighted by atomic mass is 10.1. The number of hydrogen-bond donors (Lipinski definition) is 2. The normalized spacial score (nSPS) is 16.9. The summed E-state index contributed by atoms with van der Waals surface area (Å²) >= 11 is 0. The minimum absolute atomic E-state index is 0.0930. The Balaban J connectivity index is 1.71. The van der Waals surface area contributed by atoms with E-state index in [0.717, 1.165) is 36.3 Å². The van der Waals surface area contributed by atoms with Crippen LogP contribution in [0.2, 0.25) is 0 Å². The molecule has 27 heavy (non-hydrogen) atoms.